The highest BCUT2D eigenvalue weighted by molar-refractivity contribution is 7.85. The van der Waals surface area contributed by atoms with Gasteiger partial charge in [-0.25, -0.2) is 0 Å². The number of hydrogen-bond donors (Lipinski definition) is 0. The van der Waals surface area contributed by atoms with E-state index < -0.39 is 10.8 Å². The molecule has 2 heteroatoms. The molecule has 1 saturated heterocycles. The van der Waals surface area contributed by atoms with Gasteiger partial charge in [-0.05, 0) is 0 Å². The third-order valence-electron chi connectivity index (χ3n) is 1.64. The summed E-state index contributed by atoms with van der Waals surface area (Å²) in [5.41, 5.74) is 0. The van der Waals surface area contributed by atoms with Crippen molar-refractivity contribution in [2.24, 2.45) is 11.8 Å². The zero-order valence-electron chi connectivity index (χ0n) is 5.54. The second-order valence-corrected chi connectivity index (χ2v) is 3.87. The first-order chi connectivity index (χ1) is 4.77. The van der Waals surface area contributed by atoms with E-state index in [1.807, 2.05) is 0 Å². The van der Waals surface area contributed by atoms with Crippen molar-refractivity contribution >= 4 is 10.8 Å². The Kier molecular flexibility index (Phi) is 2.14. The average Bonchev–Trinajstić information content (AvgIpc) is 2.30. The van der Waals surface area contributed by atoms with E-state index >= 15 is 0 Å². The highest BCUT2D eigenvalue weighted by Gasteiger charge is 2.28. The van der Waals surface area contributed by atoms with Crippen LogP contribution < -0.4 is 0 Å². The molecule has 0 aromatic rings. The van der Waals surface area contributed by atoms with Crippen LogP contribution in [0.3, 0.4) is 0 Å². The molecule has 0 bridgehead atoms. The summed E-state index contributed by atoms with van der Waals surface area (Å²) in [6.07, 6.45) is 10.4. The molecule has 1 aliphatic heterocycles. The quantitative estimate of drug-likeness (QED) is 0.455. The fraction of sp³-hybridized carbons (Fsp3) is 0.500. The van der Waals surface area contributed by atoms with Crippen molar-refractivity contribution in [1.82, 2.24) is 0 Å². The molecule has 1 heterocycles. The van der Waals surface area contributed by atoms with Gasteiger partial charge in [-0.15, -0.1) is 24.7 Å². The molecule has 2 atom stereocenters. The van der Waals surface area contributed by atoms with Gasteiger partial charge in [-0.1, -0.05) is 0 Å². The van der Waals surface area contributed by atoms with Gasteiger partial charge in [0.2, 0.25) is 0 Å². The standard InChI is InChI=1S/C8H8OS/c1-3-7-5-10(9)6-8(7)4-2/h1-2,7-8H,5-6H2. The van der Waals surface area contributed by atoms with Crippen LogP contribution in [0.15, 0.2) is 0 Å². The first-order valence-corrected chi connectivity index (χ1v) is 4.54. The summed E-state index contributed by atoms with van der Waals surface area (Å²) in [7, 11) is -0.768. The topological polar surface area (TPSA) is 17.1 Å². The third kappa shape index (κ3) is 1.23. The third-order valence-corrected chi connectivity index (χ3v) is 3.11. The van der Waals surface area contributed by atoms with Gasteiger partial charge in [0.1, 0.15) is 0 Å². The second kappa shape index (κ2) is 2.90. The SMILES string of the molecule is C#CC1CS(=O)CC1C#C. The van der Waals surface area contributed by atoms with Gasteiger partial charge in [0.05, 0.1) is 0 Å². The van der Waals surface area contributed by atoms with Crippen LogP contribution >= 0.6 is 0 Å². The predicted molar refractivity (Wildman–Crippen MR) is 42.5 cm³/mol. The van der Waals surface area contributed by atoms with Crippen LogP contribution in [0.4, 0.5) is 0 Å². The van der Waals surface area contributed by atoms with Crippen LogP contribution in [0.2, 0.25) is 0 Å². The lowest BCUT2D eigenvalue weighted by Gasteiger charge is -2.01. The van der Waals surface area contributed by atoms with Crippen LogP contribution in [0.25, 0.3) is 0 Å². The molecule has 1 fully saturated rings. The lowest BCUT2D eigenvalue weighted by atomic mass is 9.98. The summed E-state index contributed by atoms with van der Waals surface area (Å²) in [5.74, 6) is 6.39. The number of hydrogen-bond acceptors (Lipinski definition) is 1. The lowest BCUT2D eigenvalue weighted by Crippen LogP contribution is -2.06. The minimum Gasteiger partial charge on any atom is -0.259 e. The van der Waals surface area contributed by atoms with Crippen LogP contribution in [0.5, 0.6) is 0 Å². The largest absolute Gasteiger partial charge is 0.259 e. The molecule has 2 unspecified atom stereocenters. The van der Waals surface area contributed by atoms with Crippen molar-refractivity contribution in [3.8, 4) is 24.7 Å². The molecule has 0 aromatic carbocycles. The van der Waals surface area contributed by atoms with E-state index in [2.05, 4.69) is 11.8 Å². The Hall–Kier alpha value is -0.730. The Morgan fingerprint density at radius 3 is 1.90 bits per heavy atom. The van der Waals surface area contributed by atoms with Gasteiger partial charge in [0.15, 0.2) is 0 Å². The van der Waals surface area contributed by atoms with Gasteiger partial charge in [-0.2, -0.15) is 0 Å². The Labute approximate surface area is 63.7 Å². The smallest absolute Gasteiger partial charge is 0.0462 e. The molecule has 0 amide bonds. The molecular formula is C8H8OS. The minimum atomic E-state index is -0.768. The summed E-state index contributed by atoms with van der Waals surface area (Å²) in [6.45, 7) is 0. The molecule has 0 radical (unpaired) electrons. The molecule has 52 valence electrons. The van der Waals surface area contributed by atoms with E-state index in [-0.39, 0.29) is 11.8 Å². The monoisotopic (exact) mass is 152 g/mol. The molecule has 0 aromatic heterocycles. The summed E-state index contributed by atoms with van der Waals surface area (Å²) in [4.78, 5) is 0. The van der Waals surface area contributed by atoms with Gasteiger partial charge in [0, 0.05) is 34.1 Å². The van der Waals surface area contributed by atoms with E-state index in [0.717, 1.165) is 0 Å². The number of rotatable bonds is 0. The molecule has 1 rings (SSSR count). The lowest BCUT2D eigenvalue weighted by molar-refractivity contribution is 0.642. The van der Waals surface area contributed by atoms with Gasteiger partial charge in [-0.3, -0.25) is 4.21 Å². The zero-order chi connectivity index (χ0) is 7.56. The first kappa shape index (κ1) is 7.38. The van der Waals surface area contributed by atoms with Crippen LogP contribution in [-0.4, -0.2) is 15.7 Å². The van der Waals surface area contributed by atoms with E-state index in [9.17, 15) is 4.21 Å². The van der Waals surface area contributed by atoms with E-state index in [4.69, 9.17) is 12.8 Å². The predicted octanol–water partition coefficient (Wildman–Crippen LogP) is 0.248. The molecule has 0 saturated carbocycles. The Bertz CT molecular complexity index is 207. The Balaban J connectivity index is 2.71. The Morgan fingerprint density at radius 2 is 1.60 bits per heavy atom. The second-order valence-electron chi connectivity index (χ2n) is 2.32. The summed E-state index contributed by atoms with van der Waals surface area (Å²) < 4.78 is 10.9. The van der Waals surface area contributed by atoms with Crippen molar-refractivity contribution in [3.05, 3.63) is 0 Å². The zero-order valence-corrected chi connectivity index (χ0v) is 6.36. The summed E-state index contributed by atoms with van der Waals surface area (Å²) in [6, 6.07) is 0. The highest BCUT2D eigenvalue weighted by Crippen LogP contribution is 2.20. The molecular weight excluding hydrogens is 144 g/mol. The van der Waals surface area contributed by atoms with Gasteiger partial charge >= 0.3 is 0 Å². The molecule has 0 N–H and O–H groups in total. The van der Waals surface area contributed by atoms with Crippen molar-refractivity contribution < 1.29 is 4.21 Å². The summed E-state index contributed by atoms with van der Waals surface area (Å²) >= 11 is 0. The van der Waals surface area contributed by atoms with Gasteiger partial charge < -0.3 is 0 Å². The fourth-order valence-electron chi connectivity index (χ4n) is 1.03. The average molecular weight is 152 g/mol. The first-order valence-electron chi connectivity index (χ1n) is 3.05. The minimum absolute atomic E-state index is 0.0471. The van der Waals surface area contributed by atoms with Gasteiger partial charge in [0.25, 0.3) is 0 Å². The molecule has 0 aliphatic carbocycles. The van der Waals surface area contributed by atoms with E-state index in [0.29, 0.717) is 11.5 Å². The van der Waals surface area contributed by atoms with E-state index in [1.165, 1.54) is 0 Å². The van der Waals surface area contributed by atoms with Crippen LogP contribution in [-0.2, 0) is 10.8 Å². The maximum Gasteiger partial charge on any atom is 0.0462 e. The fourth-order valence-corrected chi connectivity index (χ4v) is 2.62. The maximum atomic E-state index is 10.9. The van der Waals surface area contributed by atoms with E-state index in [1.54, 1.807) is 0 Å². The highest BCUT2D eigenvalue weighted by atomic mass is 32.2. The maximum absolute atomic E-state index is 10.9. The van der Waals surface area contributed by atoms with Crippen molar-refractivity contribution in [1.29, 1.82) is 0 Å². The van der Waals surface area contributed by atoms with Crippen LogP contribution in [0, 0.1) is 36.5 Å². The molecule has 1 nitrogen and oxygen atoms in total. The van der Waals surface area contributed by atoms with Crippen LogP contribution in [0.1, 0.15) is 0 Å². The molecule has 1 aliphatic rings. The molecule has 0 spiro atoms. The summed E-state index contributed by atoms with van der Waals surface area (Å²) in [5, 5.41) is 0. The van der Waals surface area contributed by atoms with Crippen molar-refractivity contribution in [2.45, 2.75) is 0 Å². The molecule has 10 heavy (non-hydrogen) atoms. The Morgan fingerprint density at radius 1 is 1.20 bits per heavy atom. The normalized spacial score (nSPS) is 38.4. The van der Waals surface area contributed by atoms with Crippen molar-refractivity contribution in [3.63, 3.8) is 0 Å². The van der Waals surface area contributed by atoms with Crippen molar-refractivity contribution in [2.75, 3.05) is 11.5 Å². The number of terminal acetylenes is 2.